The number of rotatable bonds is 3. The fourth-order valence-electron chi connectivity index (χ4n) is 1.96. The minimum Gasteiger partial charge on any atom is -0.507 e. The van der Waals surface area contributed by atoms with Crippen molar-refractivity contribution in [3.05, 3.63) is 53.6 Å². The van der Waals surface area contributed by atoms with Crippen LogP contribution in [0, 0.1) is 0 Å². The van der Waals surface area contributed by atoms with Crippen LogP contribution in [-0.4, -0.2) is 29.1 Å². The Morgan fingerprint density at radius 3 is 2.38 bits per heavy atom. The number of carboxylic acid groups (broad SMARTS) is 1. The van der Waals surface area contributed by atoms with Gasteiger partial charge in [0.15, 0.2) is 0 Å². The maximum atomic E-state index is 12.4. The monoisotopic (exact) mass is 286 g/mol. The van der Waals surface area contributed by atoms with Crippen molar-refractivity contribution in [2.75, 3.05) is 17.7 Å². The summed E-state index contributed by atoms with van der Waals surface area (Å²) in [4.78, 5) is 24.8. The Morgan fingerprint density at radius 1 is 1.10 bits per heavy atom. The molecule has 6 heteroatoms. The average molecular weight is 286 g/mol. The molecular formula is C15H14N2O4. The number of nitrogen functional groups attached to an aromatic ring is 1. The highest BCUT2D eigenvalue weighted by Crippen LogP contribution is 2.26. The van der Waals surface area contributed by atoms with Crippen LogP contribution >= 0.6 is 0 Å². The van der Waals surface area contributed by atoms with E-state index in [1.807, 2.05) is 0 Å². The Labute approximate surface area is 121 Å². The van der Waals surface area contributed by atoms with E-state index >= 15 is 0 Å². The van der Waals surface area contributed by atoms with Gasteiger partial charge >= 0.3 is 5.97 Å². The molecule has 0 aliphatic heterocycles. The number of aromatic hydroxyl groups is 1. The first-order valence-electron chi connectivity index (χ1n) is 6.10. The molecule has 0 heterocycles. The van der Waals surface area contributed by atoms with Gasteiger partial charge in [-0.1, -0.05) is 12.1 Å². The van der Waals surface area contributed by atoms with Crippen molar-refractivity contribution in [2.45, 2.75) is 0 Å². The molecule has 0 aliphatic carbocycles. The highest BCUT2D eigenvalue weighted by Gasteiger charge is 2.21. The number of carbonyl (C=O) groups is 2. The number of para-hydroxylation sites is 1. The second kappa shape index (κ2) is 5.54. The van der Waals surface area contributed by atoms with E-state index in [1.54, 1.807) is 12.1 Å². The van der Waals surface area contributed by atoms with Gasteiger partial charge in [0, 0.05) is 12.7 Å². The molecule has 0 bridgehead atoms. The minimum absolute atomic E-state index is 0.0822. The van der Waals surface area contributed by atoms with Gasteiger partial charge in [-0.2, -0.15) is 0 Å². The predicted octanol–water partition coefficient (Wildman–Crippen LogP) is 1.95. The summed E-state index contributed by atoms with van der Waals surface area (Å²) in [6.45, 7) is 0. The number of phenolic OH excluding ortho intramolecular Hbond substituents is 1. The first-order valence-corrected chi connectivity index (χ1v) is 6.10. The van der Waals surface area contributed by atoms with Crippen LogP contribution in [0.1, 0.15) is 20.7 Å². The van der Waals surface area contributed by atoms with E-state index in [2.05, 4.69) is 0 Å². The molecule has 0 aromatic heterocycles. The number of hydrogen-bond acceptors (Lipinski definition) is 4. The molecule has 0 unspecified atom stereocenters. The average Bonchev–Trinajstić information content (AvgIpc) is 2.46. The molecule has 2 aromatic carbocycles. The maximum Gasteiger partial charge on any atom is 0.337 e. The van der Waals surface area contributed by atoms with Crippen molar-refractivity contribution in [2.24, 2.45) is 0 Å². The van der Waals surface area contributed by atoms with Crippen LogP contribution in [0.15, 0.2) is 42.5 Å². The van der Waals surface area contributed by atoms with Crippen molar-refractivity contribution in [1.82, 2.24) is 0 Å². The maximum absolute atomic E-state index is 12.4. The zero-order valence-corrected chi connectivity index (χ0v) is 11.3. The number of nitrogens with zero attached hydrogens (tertiary/aromatic N) is 1. The molecule has 0 spiro atoms. The molecule has 21 heavy (non-hydrogen) atoms. The third kappa shape index (κ3) is 2.79. The zero-order valence-electron chi connectivity index (χ0n) is 11.3. The summed E-state index contributed by atoms with van der Waals surface area (Å²) in [6, 6.07) is 10.3. The quantitative estimate of drug-likeness (QED) is 0.748. The highest BCUT2D eigenvalue weighted by atomic mass is 16.4. The number of carbonyl (C=O) groups excluding carboxylic acids is 1. The Morgan fingerprint density at radius 2 is 1.76 bits per heavy atom. The predicted molar refractivity (Wildman–Crippen MR) is 78.7 cm³/mol. The first kappa shape index (κ1) is 14.4. The summed E-state index contributed by atoms with van der Waals surface area (Å²) < 4.78 is 0. The lowest BCUT2D eigenvalue weighted by Gasteiger charge is -2.20. The molecule has 108 valence electrons. The molecular weight excluding hydrogens is 272 g/mol. The second-order valence-corrected chi connectivity index (χ2v) is 4.46. The molecule has 0 saturated heterocycles. The lowest BCUT2D eigenvalue weighted by Crippen LogP contribution is -2.28. The van der Waals surface area contributed by atoms with E-state index < -0.39 is 11.9 Å². The number of carboxylic acids is 1. The lowest BCUT2D eigenvalue weighted by atomic mass is 10.1. The van der Waals surface area contributed by atoms with E-state index in [0.717, 1.165) is 4.90 Å². The Bertz CT molecular complexity index is 713. The number of hydrogen-bond donors (Lipinski definition) is 3. The minimum atomic E-state index is -1.19. The number of anilines is 2. The fraction of sp³-hybridized carbons (Fsp3) is 0.0667. The van der Waals surface area contributed by atoms with Crippen molar-refractivity contribution < 1.29 is 19.8 Å². The van der Waals surface area contributed by atoms with Gasteiger partial charge in [-0.15, -0.1) is 0 Å². The van der Waals surface area contributed by atoms with Crippen molar-refractivity contribution in [3.63, 3.8) is 0 Å². The molecule has 2 rings (SSSR count). The SMILES string of the molecule is CN(C(=O)c1ccccc1O)c1ccc(N)cc1C(=O)O. The van der Waals surface area contributed by atoms with E-state index in [4.69, 9.17) is 5.73 Å². The van der Waals surface area contributed by atoms with Gasteiger partial charge in [0.05, 0.1) is 16.8 Å². The standard InChI is InChI=1S/C15H14N2O4/c1-17(14(19)10-4-2-3-5-13(10)18)12-7-6-9(16)8-11(12)15(20)21/h2-8,18H,16H2,1H3,(H,20,21). The first-order chi connectivity index (χ1) is 9.91. The Hall–Kier alpha value is -3.02. The number of phenols is 1. The van der Waals surface area contributed by atoms with Crippen LogP contribution in [-0.2, 0) is 0 Å². The second-order valence-electron chi connectivity index (χ2n) is 4.46. The molecule has 0 radical (unpaired) electrons. The topological polar surface area (TPSA) is 104 Å². The molecule has 1 amide bonds. The molecule has 4 N–H and O–H groups in total. The fourth-order valence-corrected chi connectivity index (χ4v) is 1.96. The van der Waals surface area contributed by atoms with E-state index in [0.29, 0.717) is 5.69 Å². The van der Waals surface area contributed by atoms with Gasteiger partial charge in [0.2, 0.25) is 0 Å². The van der Waals surface area contributed by atoms with E-state index in [1.165, 1.54) is 37.4 Å². The van der Waals surface area contributed by atoms with Gasteiger partial charge in [-0.05, 0) is 30.3 Å². The van der Waals surface area contributed by atoms with Crippen LogP contribution in [0.5, 0.6) is 5.75 Å². The summed E-state index contributed by atoms with van der Waals surface area (Å²) in [6.07, 6.45) is 0. The zero-order chi connectivity index (χ0) is 15.6. The highest BCUT2D eigenvalue weighted by molar-refractivity contribution is 6.10. The van der Waals surface area contributed by atoms with Gasteiger partial charge in [0.1, 0.15) is 5.75 Å². The largest absolute Gasteiger partial charge is 0.507 e. The summed E-state index contributed by atoms with van der Waals surface area (Å²) in [5.41, 5.74) is 6.07. The summed E-state index contributed by atoms with van der Waals surface area (Å²) in [7, 11) is 1.44. The van der Waals surface area contributed by atoms with Crippen molar-refractivity contribution >= 4 is 23.3 Å². The Kier molecular flexibility index (Phi) is 3.80. The number of nitrogens with two attached hydrogens (primary N) is 1. The van der Waals surface area contributed by atoms with E-state index in [9.17, 15) is 19.8 Å². The van der Waals surface area contributed by atoms with Crippen LogP contribution in [0.2, 0.25) is 0 Å². The molecule has 0 atom stereocenters. The van der Waals surface area contributed by atoms with Crippen LogP contribution in [0.3, 0.4) is 0 Å². The van der Waals surface area contributed by atoms with Crippen molar-refractivity contribution in [3.8, 4) is 5.75 Å². The summed E-state index contributed by atoms with van der Waals surface area (Å²) >= 11 is 0. The van der Waals surface area contributed by atoms with Crippen LogP contribution < -0.4 is 10.6 Å². The number of amides is 1. The molecule has 0 saturated carbocycles. The molecule has 0 fully saturated rings. The van der Waals surface area contributed by atoms with Crippen LogP contribution in [0.4, 0.5) is 11.4 Å². The third-order valence-corrected chi connectivity index (χ3v) is 3.05. The molecule has 6 nitrogen and oxygen atoms in total. The van der Waals surface area contributed by atoms with Gasteiger partial charge in [-0.3, -0.25) is 4.79 Å². The third-order valence-electron chi connectivity index (χ3n) is 3.05. The number of aromatic carboxylic acids is 1. The smallest absolute Gasteiger partial charge is 0.337 e. The van der Waals surface area contributed by atoms with Gasteiger partial charge in [-0.25, -0.2) is 4.79 Å². The van der Waals surface area contributed by atoms with Crippen molar-refractivity contribution in [1.29, 1.82) is 0 Å². The van der Waals surface area contributed by atoms with Crippen LogP contribution in [0.25, 0.3) is 0 Å². The van der Waals surface area contributed by atoms with Gasteiger partial charge in [0.25, 0.3) is 5.91 Å². The van der Waals surface area contributed by atoms with Gasteiger partial charge < -0.3 is 20.8 Å². The Balaban J connectivity index is 2.45. The molecule has 0 aliphatic rings. The summed E-state index contributed by atoms with van der Waals surface area (Å²) in [5.74, 6) is -1.86. The normalized spacial score (nSPS) is 10.1. The number of benzene rings is 2. The van der Waals surface area contributed by atoms with E-state index in [-0.39, 0.29) is 22.6 Å². The lowest BCUT2D eigenvalue weighted by molar-refractivity contribution is 0.0698. The molecule has 2 aromatic rings. The summed E-state index contributed by atoms with van der Waals surface area (Å²) in [5, 5.41) is 18.9.